The summed E-state index contributed by atoms with van der Waals surface area (Å²) in [6.45, 7) is 4.23. The second kappa shape index (κ2) is 9.98. The van der Waals surface area contributed by atoms with Gasteiger partial charge >= 0.3 is 0 Å². The predicted molar refractivity (Wildman–Crippen MR) is 127 cm³/mol. The van der Waals surface area contributed by atoms with E-state index in [1.54, 1.807) is 19.4 Å². The van der Waals surface area contributed by atoms with E-state index in [0.717, 1.165) is 48.2 Å². The number of benzene rings is 2. The Bertz CT molecular complexity index is 1020. The van der Waals surface area contributed by atoms with Crippen LogP contribution in [0.3, 0.4) is 0 Å². The van der Waals surface area contributed by atoms with Crippen molar-refractivity contribution in [1.29, 1.82) is 0 Å². The Kier molecular flexibility index (Phi) is 6.89. The molecule has 3 aromatic rings. The van der Waals surface area contributed by atoms with Gasteiger partial charge in [-0.25, -0.2) is 4.98 Å². The average molecular weight is 438 g/mol. The topological polar surface area (TPSA) is 71.1 Å². The Morgan fingerprint density at radius 2 is 1.81 bits per heavy atom. The fourth-order valence-electron chi connectivity index (χ4n) is 3.78. The molecule has 0 aliphatic carbocycles. The normalized spacial score (nSPS) is 14.3. The fourth-order valence-corrected chi connectivity index (χ4v) is 3.97. The number of methoxy groups -OCH3 is 1. The minimum atomic E-state index is 0.542. The summed E-state index contributed by atoms with van der Waals surface area (Å²) in [4.78, 5) is 9.07. The highest BCUT2D eigenvalue weighted by molar-refractivity contribution is 6.32. The number of hydrogen-bond donors (Lipinski definition) is 3. The van der Waals surface area contributed by atoms with E-state index in [9.17, 15) is 0 Å². The SMILES string of the molecule is COc1cc(Nc2nc(Nc3ccc(CC4CCNCC4)cc3)ncc2C)ccc1Cl. The Balaban J connectivity index is 1.43. The molecule has 0 bridgehead atoms. The molecular weight excluding hydrogens is 410 g/mol. The second-order valence-corrected chi connectivity index (χ2v) is 8.33. The summed E-state index contributed by atoms with van der Waals surface area (Å²) >= 11 is 6.12. The molecule has 6 nitrogen and oxygen atoms in total. The molecule has 31 heavy (non-hydrogen) atoms. The van der Waals surface area contributed by atoms with Crippen LogP contribution in [-0.2, 0) is 6.42 Å². The van der Waals surface area contributed by atoms with Crippen LogP contribution in [0, 0.1) is 12.8 Å². The van der Waals surface area contributed by atoms with Crippen LogP contribution in [0.25, 0.3) is 0 Å². The van der Waals surface area contributed by atoms with Crippen LogP contribution in [0.5, 0.6) is 5.75 Å². The number of aromatic nitrogens is 2. The van der Waals surface area contributed by atoms with Gasteiger partial charge in [0.15, 0.2) is 0 Å². The summed E-state index contributed by atoms with van der Waals surface area (Å²) < 4.78 is 5.29. The Labute approximate surface area is 188 Å². The van der Waals surface area contributed by atoms with E-state index in [-0.39, 0.29) is 0 Å². The Hall–Kier alpha value is -2.83. The van der Waals surface area contributed by atoms with Crippen molar-refractivity contribution in [1.82, 2.24) is 15.3 Å². The average Bonchev–Trinajstić information content (AvgIpc) is 2.79. The third-order valence-corrected chi connectivity index (χ3v) is 5.89. The van der Waals surface area contributed by atoms with Gasteiger partial charge in [-0.05, 0) is 75.0 Å². The highest BCUT2D eigenvalue weighted by Gasteiger charge is 2.13. The lowest BCUT2D eigenvalue weighted by Crippen LogP contribution is -2.28. The first-order valence-electron chi connectivity index (χ1n) is 10.6. The molecule has 1 aliphatic heterocycles. The number of piperidine rings is 1. The first-order valence-corrected chi connectivity index (χ1v) is 11.0. The molecule has 3 N–H and O–H groups in total. The largest absolute Gasteiger partial charge is 0.495 e. The van der Waals surface area contributed by atoms with E-state index < -0.39 is 0 Å². The van der Waals surface area contributed by atoms with Crippen LogP contribution in [-0.4, -0.2) is 30.2 Å². The molecule has 0 atom stereocenters. The molecule has 2 aromatic carbocycles. The van der Waals surface area contributed by atoms with Crippen LogP contribution in [0.2, 0.25) is 5.02 Å². The molecule has 0 unspecified atom stereocenters. The molecule has 1 aliphatic rings. The zero-order chi connectivity index (χ0) is 21.6. The van der Waals surface area contributed by atoms with E-state index in [1.807, 2.05) is 19.1 Å². The van der Waals surface area contributed by atoms with Crippen molar-refractivity contribution in [2.24, 2.45) is 5.92 Å². The van der Waals surface area contributed by atoms with Crippen LogP contribution in [0.4, 0.5) is 23.1 Å². The van der Waals surface area contributed by atoms with Gasteiger partial charge in [0.25, 0.3) is 0 Å². The van der Waals surface area contributed by atoms with Gasteiger partial charge in [0.05, 0.1) is 12.1 Å². The van der Waals surface area contributed by atoms with Gasteiger partial charge in [-0.2, -0.15) is 4.98 Å². The van der Waals surface area contributed by atoms with E-state index in [1.165, 1.54) is 18.4 Å². The first-order chi connectivity index (χ1) is 15.1. The van der Waals surface area contributed by atoms with Crippen molar-refractivity contribution in [3.63, 3.8) is 0 Å². The molecule has 4 rings (SSSR count). The van der Waals surface area contributed by atoms with Gasteiger partial charge in [-0.3, -0.25) is 0 Å². The molecule has 1 saturated heterocycles. The molecule has 162 valence electrons. The summed E-state index contributed by atoms with van der Waals surface area (Å²) in [7, 11) is 1.60. The third kappa shape index (κ3) is 5.66. The van der Waals surface area contributed by atoms with Gasteiger partial charge in [0, 0.05) is 29.2 Å². The molecule has 1 aromatic heterocycles. The first kappa shape index (κ1) is 21.4. The van der Waals surface area contributed by atoms with Gasteiger partial charge in [0.2, 0.25) is 5.95 Å². The fraction of sp³-hybridized carbons (Fsp3) is 0.333. The maximum Gasteiger partial charge on any atom is 0.229 e. The smallest absolute Gasteiger partial charge is 0.229 e. The summed E-state index contributed by atoms with van der Waals surface area (Å²) in [5.74, 6) is 2.66. The van der Waals surface area contributed by atoms with E-state index >= 15 is 0 Å². The molecule has 0 radical (unpaired) electrons. The molecule has 2 heterocycles. The lowest BCUT2D eigenvalue weighted by Gasteiger charge is -2.22. The van der Waals surface area contributed by atoms with Crippen molar-refractivity contribution in [3.8, 4) is 5.75 Å². The minimum Gasteiger partial charge on any atom is -0.495 e. The maximum absolute atomic E-state index is 6.12. The molecule has 0 spiro atoms. The molecule has 7 heteroatoms. The van der Waals surface area contributed by atoms with E-state index in [4.69, 9.17) is 16.3 Å². The number of hydrogen-bond acceptors (Lipinski definition) is 6. The Morgan fingerprint density at radius 1 is 1.06 bits per heavy atom. The number of anilines is 4. The number of ether oxygens (including phenoxy) is 1. The molecule has 0 amide bonds. The van der Waals surface area contributed by atoms with Crippen LogP contribution < -0.4 is 20.7 Å². The molecule has 0 saturated carbocycles. The molecular formula is C24H28ClN5O. The van der Waals surface area contributed by atoms with Crippen LogP contribution in [0.1, 0.15) is 24.0 Å². The quantitative estimate of drug-likeness (QED) is 0.455. The van der Waals surface area contributed by atoms with Gasteiger partial charge in [0.1, 0.15) is 11.6 Å². The van der Waals surface area contributed by atoms with Crippen molar-refractivity contribution < 1.29 is 4.74 Å². The van der Waals surface area contributed by atoms with Gasteiger partial charge in [-0.15, -0.1) is 0 Å². The van der Waals surface area contributed by atoms with Crippen LogP contribution in [0.15, 0.2) is 48.7 Å². The summed E-state index contributed by atoms with van der Waals surface area (Å²) in [6, 6.07) is 14.1. The van der Waals surface area contributed by atoms with Gasteiger partial charge in [-0.1, -0.05) is 23.7 Å². The van der Waals surface area contributed by atoms with Gasteiger partial charge < -0.3 is 20.7 Å². The van der Waals surface area contributed by atoms with Crippen LogP contribution >= 0.6 is 11.6 Å². The minimum absolute atomic E-state index is 0.542. The number of nitrogens with zero attached hydrogens (tertiary/aromatic N) is 2. The van der Waals surface area contributed by atoms with Crippen molar-refractivity contribution in [3.05, 3.63) is 64.8 Å². The number of halogens is 1. The highest BCUT2D eigenvalue weighted by Crippen LogP contribution is 2.29. The lowest BCUT2D eigenvalue weighted by atomic mass is 9.91. The lowest BCUT2D eigenvalue weighted by molar-refractivity contribution is 0.372. The van der Waals surface area contributed by atoms with E-state index in [0.29, 0.717) is 16.7 Å². The third-order valence-electron chi connectivity index (χ3n) is 5.58. The Morgan fingerprint density at radius 3 is 2.55 bits per heavy atom. The molecule has 1 fully saturated rings. The number of nitrogens with one attached hydrogen (secondary N) is 3. The second-order valence-electron chi connectivity index (χ2n) is 7.92. The van der Waals surface area contributed by atoms with E-state index in [2.05, 4.69) is 50.2 Å². The highest BCUT2D eigenvalue weighted by atomic mass is 35.5. The number of aryl methyl sites for hydroxylation is 1. The standard InChI is InChI=1S/C24H28ClN5O/c1-16-15-27-24(30-23(16)28-20-7-8-21(25)22(14-20)31-2)29-19-5-3-17(4-6-19)13-18-9-11-26-12-10-18/h3-8,14-15,18,26H,9-13H2,1-2H3,(H2,27,28,29,30). The zero-order valence-electron chi connectivity index (χ0n) is 17.9. The zero-order valence-corrected chi connectivity index (χ0v) is 18.7. The van der Waals surface area contributed by atoms with Crippen molar-refractivity contribution >= 4 is 34.7 Å². The maximum atomic E-state index is 6.12. The summed E-state index contributed by atoms with van der Waals surface area (Å²) in [5, 5.41) is 10.6. The summed E-state index contributed by atoms with van der Waals surface area (Å²) in [6.07, 6.45) is 5.46. The van der Waals surface area contributed by atoms with Crippen molar-refractivity contribution in [2.45, 2.75) is 26.2 Å². The monoisotopic (exact) mass is 437 g/mol. The number of rotatable bonds is 7. The van der Waals surface area contributed by atoms with Crippen molar-refractivity contribution in [2.75, 3.05) is 30.8 Å². The predicted octanol–water partition coefficient (Wildman–Crippen LogP) is 5.48. The summed E-state index contributed by atoms with van der Waals surface area (Å²) in [5.41, 5.74) is 4.13.